The van der Waals surface area contributed by atoms with Crippen LogP contribution < -0.4 is 10.6 Å². The summed E-state index contributed by atoms with van der Waals surface area (Å²) >= 11 is 0. The first kappa shape index (κ1) is 21.5. The maximum atomic E-state index is 13.5. The topological polar surface area (TPSA) is 78.4 Å². The fraction of sp³-hybridized carbons (Fsp3) is 0.429. The lowest BCUT2D eigenvalue weighted by atomic mass is 9.95. The monoisotopic (exact) mass is 390 g/mol. The number of halogens is 7. The molecule has 0 aromatic heterocycles. The predicted molar refractivity (Wildman–Crippen MR) is 73.8 cm³/mol. The second kappa shape index (κ2) is 7.79. The molecule has 12 heteroatoms. The fourth-order valence-corrected chi connectivity index (χ4v) is 1.81. The third-order valence-electron chi connectivity index (χ3n) is 3.27. The number of amides is 2. The second-order valence-corrected chi connectivity index (χ2v) is 5.14. The Bertz CT molecular complexity index is 635. The Hall–Kier alpha value is -2.53. The summed E-state index contributed by atoms with van der Waals surface area (Å²) in [7, 11) is 0. The van der Waals surface area contributed by atoms with Crippen LogP contribution in [0.15, 0.2) is 30.3 Å². The van der Waals surface area contributed by atoms with E-state index >= 15 is 0 Å². The summed E-state index contributed by atoms with van der Waals surface area (Å²) in [6, 6.07) is 6.86. The van der Waals surface area contributed by atoms with Gasteiger partial charge in [0.15, 0.2) is 0 Å². The van der Waals surface area contributed by atoms with E-state index in [-0.39, 0.29) is 6.54 Å². The number of hydrogen-bond donors (Lipinski definition) is 3. The van der Waals surface area contributed by atoms with Crippen molar-refractivity contribution in [2.45, 2.75) is 24.6 Å². The van der Waals surface area contributed by atoms with Crippen molar-refractivity contribution < 1.29 is 45.4 Å². The molecular weight excluding hydrogens is 377 g/mol. The Morgan fingerprint density at radius 2 is 1.50 bits per heavy atom. The summed E-state index contributed by atoms with van der Waals surface area (Å²) < 4.78 is 89.3. The molecule has 0 spiro atoms. The van der Waals surface area contributed by atoms with Crippen LogP contribution >= 0.6 is 0 Å². The molecule has 0 saturated heterocycles. The van der Waals surface area contributed by atoms with E-state index in [9.17, 15) is 40.3 Å². The van der Waals surface area contributed by atoms with Gasteiger partial charge in [0.25, 0.3) is 0 Å². The molecule has 0 aliphatic carbocycles. The minimum absolute atomic E-state index is 0.112. The molecule has 0 aliphatic rings. The zero-order valence-corrected chi connectivity index (χ0v) is 12.8. The number of rotatable bonds is 7. The quantitative estimate of drug-likeness (QED) is 0.627. The van der Waals surface area contributed by atoms with E-state index in [1.54, 1.807) is 35.6 Å². The third-order valence-corrected chi connectivity index (χ3v) is 3.27. The first-order chi connectivity index (χ1) is 11.8. The van der Waals surface area contributed by atoms with E-state index in [4.69, 9.17) is 5.11 Å². The van der Waals surface area contributed by atoms with E-state index in [1.165, 1.54) is 0 Å². The molecule has 26 heavy (non-hydrogen) atoms. The van der Waals surface area contributed by atoms with Crippen LogP contribution in [0.25, 0.3) is 0 Å². The number of carbonyl (C=O) groups is 2. The van der Waals surface area contributed by atoms with Crippen LogP contribution in [-0.2, 0) is 11.3 Å². The average molecular weight is 390 g/mol. The number of urea groups is 1. The van der Waals surface area contributed by atoms with Crippen LogP contribution in [0.1, 0.15) is 5.56 Å². The Morgan fingerprint density at radius 3 is 1.96 bits per heavy atom. The molecule has 1 rings (SSSR count). The van der Waals surface area contributed by atoms with Crippen molar-refractivity contribution in [1.29, 1.82) is 0 Å². The van der Waals surface area contributed by atoms with Crippen LogP contribution in [0.3, 0.4) is 0 Å². The molecule has 0 saturated carbocycles. The van der Waals surface area contributed by atoms with Gasteiger partial charge in [0, 0.05) is 13.1 Å². The van der Waals surface area contributed by atoms with E-state index < -0.39 is 42.5 Å². The number of carboxylic acids is 1. The molecule has 1 aromatic carbocycles. The van der Waals surface area contributed by atoms with Gasteiger partial charge in [-0.1, -0.05) is 30.3 Å². The Morgan fingerprint density at radius 1 is 0.962 bits per heavy atom. The smallest absolute Gasteiger partial charge is 0.459 e. The van der Waals surface area contributed by atoms with Crippen molar-refractivity contribution in [2.24, 2.45) is 5.92 Å². The molecule has 5 nitrogen and oxygen atoms in total. The molecule has 3 N–H and O–H groups in total. The second-order valence-electron chi connectivity index (χ2n) is 5.14. The third kappa shape index (κ3) is 4.76. The summed E-state index contributed by atoms with van der Waals surface area (Å²) in [5.41, 5.74) is 0.575. The van der Waals surface area contributed by atoms with Crippen LogP contribution in [0.2, 0.25) is 0 Å². The highest BCUT2D eigenvalue weighted by Gasteiger charge is 2.76. The first-order valence-electron chi connectivity index (χ1n) is 6.91. The Kier molecular flexibility index (Phi) is 6.44. The van der Waals surface area contributed by atoms with Crippen LogP contribution in [-0.4, -0.2) is 41.7 Å². The molecule has 0 heterocycles. The highest BCUT2D eigenvalue weighted by Crippen LogP contribution is 2.49. The van der Waals surface area contributed by atoms with Crippen molar-refractivity contribution in [3.05, 3.63) is 35.9 Å². The SMILES string of the molecule is O=C(NCc1ccccc1)NCC(C(=O)O)C(F)(F)C(F)(F)C(F)(F)F. The Labute approximate surface area is 142 Å². The summed E-state index contributed by atoms with van der Waals surface area (Å²) in [4.78, 5) is 22.2. The van der Waals surface area contributed by atoms with Gasteiger partial charge >= 0.3 is 30.0 Å². The van der Waals surface area contributed by atoms with E-state index in [0.29, 0.717) is 5.56 Å². The van der Waals surface area contributed by atoms with Crippen LogP contribution in [0, 0.1) is 5.92 Å². The molecule has 0 fully saturated rings. The molecule has 1 unspecified atom stereocenters. The van der Waals surface area contributed by atoms with Crippen molar-refractivity contribution in [3.63, 3.8) is 0 Å². The minimum Gasteiger partial charge on any atom is -0.481 e. The van der Waals surface area contributed by atoms with E-state index in [0.717, 1.165) is 0 Å². The van der Waals surface area contributed by atoms with Gasteiger partial charge in [0.05, 0.1) is 0 Å². The zero-order valence-electron chi connectivity index (χ0n) is 12.8. The molecular formula is C14H13F7N2O3. The van der Waals surface area contributed by atoms with Crippen LogP contribution in [0.5, 0.6) is 0 Å². The average Bonchev–Trinajstić information content (AvgIpc) is 2.52. The molecule has 146 valence electrons. The molecule has 0 radical (unpaired) electrons. The number of hydrogen-bond acceptors (Lipinski definition) is 2. The molecule has 2 amide bonds. The highest BCUT2D eigenvalue weighted by atomic mass is 19.4. The van der Waals surface area contributed by atoms with Crippen molar-refractivity contribution in [3.8, 4) is 0 Å². The standard InChI is InChI=1S/C14H13F7N2O3/c15-12(16,13(17,18)14(19,20)21)9(10(24)25)7-23-11(26)22-6-8-4-2-1-3-5-8/h1-5,9H,6-7H2,(H,24,25)(H2,22,23,26). The van der Waals surface area contributed by atoms with Gasteiger partial charge in [-0.15, -0.1) is 0 Å². The summed E-state index contributed by atoms with van der Waals surface area (Å²) in [6.45, 7) is -1.76. The number of benzene rings is 1. The maximum absolute atomic E-state index is 13.5. The Balaban J connectivity index is 2.76. The molecule has 1 aromatic rings. The van der Waals surface area contributed by atoms with E-state index in [1.807, 2.05) is 0 Å². The number of aliphatic carboxylic acids is 1. The van der Waals surface area contributed by atoms with E-state index in [2.05, 4.69) is 5.32 Å². The van der Waals surface area contributed by atoms with Gasteiger partial charge in [0.1, 0.15) is 5.92 Å². The summed E-state index contributed by atoms with van der Waals surface area (Å²) in [5, 5.41) is 12.3. The highest BCUT2D eigenvalue weighted by molar-refractivity contribution is 5.76. The molecule has 0 bridgehead atoms. The largest absolute Gasteiger partial charge is 0.481 e. The zero-order chi connectivity index (χ0) is 20.2. The van der Waals surface area contributed by atoms with Crippen molar-refractivity contribution >= 4 is 12.0 Å². The molecule has 1 atom stereocenters. The normalized spacial score (nSPS) is 13.8. The summed E-state index contributed by atoms with van der Waals surface area (Å²) in [6.07, 6.45) is -6.67. The van der Waals surface area contributed by atoms with Gasteiger partial charge in [-0.25, -0.2) is 4.79 Å². The lowest BCUT2D eigenvalue weighted by Crippen LogP contribution is -2.59. The minimum atomic E-state index is -6.67. The first-order valence-corrected chi connectivity index (χ1v) is 6.91. The maximum Gasteiger partial charge on any atom is 0.459 e. The lowest BCUT2D eigenvalue weighted by molar-refractivity contribution is -0.363. The van der Waals surface area contributed by atoms with Gasteiger partial charge in [-0.3, -0.25) is 4.79 Å². The number of alkyl halides is 7. The molecule has 0 aliphatic heterocycles. The number of nitrogens with one attached hydrogen (secondary N) is 2. The number of carbonyl (C=O) groups excluding carboxylic acids is 1. The van der Waals surface area contributed by atoms with Crippen molar-refractivity contribution in [2.75, 3.05) is 6.54 Å². The van der Waals surface area contributed by atoms with Gasteiger partial charge in [-0.05, 0) is 5.56 Å². The number of carboxylic acid groups (broad SMARTS) is 1. The van der Waals surface area contributed by atoms with Crippen LogP contribution in [0.4, 0.5) is 35.5 Å². The summed E-state index contributed by atoms with van der Waals surface area (Å²) in [5.74, 6) is -18.7. The van der Waals surface area contributed by atoms with Crippen molar-refractivity contribution in [1.82, 2.24) is 10.6 Å². The lowest BCUT2D eigenvalue weighted by Gasteiger charge is -2.32. The fourth-order valence-electron chi connectivity index (χ4n) is 1.81. The van der Waals surface area contributed by atoms with Gasteiger partial charge in [0.2, 0.25) is 0 Å². The van der Waals surface area contributed by atoms with Gasteiger partial charge in [-0.2, -0.15) is 30.7 Å². The van der Waals surface area contributed by atoms with Gasteiger partial charge < -0.3 is 15.7 Å². The predicted octanol–water partition coefficient (Wildman–Crippen LogP) is 3.02.